The Kier molecular flexibility index (Phi) is 3.85. The Bertz CT molecular complexity index is 468. The number of hydrogen-bond acceptors (Lipinski definition) is 4. The van der Waals surface area contributed by atoms with Crippen molar-refractivity contribution < 1.29 is 19.2 Å². The molecule has 5 nitrogen and oxygen atoms in total. The molecule has 0 aromatic heterocycles. The lowest BCUT2D eigenvalue weighted by Crippen LogP contribution is -2.38. The second-order valence-electron chi connectivity index (χ2n) is 4.63. The number of ether oxygens (including phenoxy) is 1. The quantitative estimate of drug-likeness (QED) is 0.459. The van der Waals surface area contributed by atoms with Crippen LogP contribution in [0.3, 0.4) is 0 Å². The van der Waals surface area contributed by atoms with Crippen LogP contribution in [-0.4, -0.2) is 31.1 Å². The van der Waals surface area contributed by atoms with Gasteiger partial charge in [-0.15, -0.1) is 0 Å². The minimum absolute atomic E-state index is 0.186. The first-order valence-corrected chi connectivity index (χ1v) is 6.13. The Morgan fingerprint density at radius 2 is 1.89 bits per heavy atom. The molecule has 0 radical (unpaired) electrons. The van der Waals surface area contributed by atoms with Crippen LogP contribution in [0.15, 0.2) is 30.3 Å². The number of amides is 1. The Morgan fingerprint density at radius 3 is 2.42 bits per heavy atom. The summed E-state index contributed by atoms with van der Waals surface area (Å²) >= 11 is 0. The Hall–Kier alpha value is -1.88. The zero-order valence-corrected chi connectivity index (χ0v) is 11.1. The third kappa shape index (κ3) is 2.76. The predicted molar refractivity (Wildman–Crippen MR) is 67.7 cm³/mol. The molecule has 0 unspecified atom stereocenters. The highest BCUT2D eigenvalue weighted by Crippen LogP contribution is 2.48. The summed E-state index contributed by atoms with van der Waals surface area (Å²) in [7, 11) is 2.89. The molecule has 1 saturated carbocycles. The van der Waals surface area contributed by atoms with Gasteiger partial charge in [-0.05, 0) is 18.4 Å². The number of carbonyl (C=O) groups is 2. The smallest absolute Gasteiger partial charge is 0.322 e. The molecule has 1 amide bonds. The lowest BCUT2D eigenvalue weighted by Gasteiger charge is -2.20. The lowest BCUT2D eigenvalue weighted by atomic mass is 10.1. The van der Waals surface area contributed by atoms with Crippen LogP contribution in [0.4, 0.5) is 0 Å². The van der Waals surface area contributed by atoms with Gasteiger partial charge in [0.2, 0.25) is 0 Å². The molecule has 2 rings (SSSR count). The van der Waals surface area contributed by atoms with Crippen molar-refractivity contribution in [2.45, 2.75) is 19.4 Å². The molecule has 1 aliphatic rings. The summed E-state index contributed by atoms with van der Waals surface area (Å²) in [6, 6.07) is 9.39. The third-order valence-corrected chi connectivity index (χ3v) is 3.32. The van der Waals surface area contributed by atoms with Gasteiger partial charge in [0.25, 0.3) is 5.91 Å². The molecule has 1 aromatic carbocycles. The van der Waals surface area contributed by atoms with Crippen molar-refractivity contribution in [1.82, 2.24) is 5.06 Å². The molecule has 0 bridgehead atoms. The van der Waals surface area contributed by atoms with Crippen LogP contribution in [0.2, 0.25) is 0 Å². The summed E-state index contributed by atoms with van der Waals surface area (Å²) in [5.74, 6) is -0.807. The fraction of sp³-hybridized carbons (Fsp3) is 0.429. The zero-order chi connectivity index (χ0) is 13.9. The van der Waals surface area contributed by atoms with E-state index in [1.54, 1.807) is 0 Å². The van der Waals surface area contributed by atoms with Crippen LogP contribution in [0.5, 0.6) is 0 Å². The fourth-order valence-electron chi connectivity index (χ4n) is 1.88. The van der Waals surface area contributed by atoms with Crippen LogP contribution in [0.1, 0.15) is 18.4 Å². The molecule has 19 heavy (non-hydrogen) atoms. The summed E-state index contributed by atoms with van der Waals surface area (Å²) < 4.78 is 5.23. The highest BCUT2D eigenvalue weighted by atomic mass is 16.7. The summed E-state index contributed by atoms with van der Waals surface area (Å²) in [6.45, 7) is 0.186. The predicted octanol–water partition coefficient (Wildman–Crippen LogP) is 1.53. The third-order valence-electron chi connectivity index (χ3n) is 3.32. The minimum atomic E-state index is -1.03. The average molecular weight is 263 g/mol. The van der Waals surface area contributed by atoms with Crippen LogP contribution in [0, 0.1) is 5.41 Å². The van der Waals surface area contributed by atoms with E-state index in [0.717, 1.165) is 10.6 Å². The van der Waals surface area contributed by atoms with Gasteiger partial charge in [0, 0.05) is 7.05 Å². The standard InChI is InChI=1S/C14H17NO4/c1-15(18-2)12(16)14(8-9-14)13(17)19-10-11-6-4-3-5-7-11/h3-7H,8-10H2,1-2H3. The zero-order valence-electron chi connectivity index (χ0n) is 11.1. The molecule has 5 heteroatoms. The number of rotatable bonds is 5. The molecule has 0 heterocycles. The van der Waals surface area contributed by atoms with E-state index < -0.39 is 11.4 Å². The number of hydrogen-bond donors (Lipinski definition) is 0. The number of carbonyl (C=O) groups excluding carboxylic acids is 2. The number of esters is 1. The van der Waals surface area contributed by atoms with Crippen molar-refractivity contribution in [3.8, 4) is 0 Å². The topological polar surface area (TPSA) is 55.8 Å². The van der Waals surface area contributed by atoms with Crippen LogP contribution >= 0.6 is 0 Å². The molecule has 0 spiro atoms. The summed E-state index contributed by atoms with van der Waals surface area (Å²) in [6.07, 6.45) is 1.04. The van der Waals surface area contributed by atoms with E-state index in [1.807, 2.05) is 30.3 Å². The van der Waals surface area contributed by atoms with Gasteiger partial charge in [0.1, 0.15) is 12.0 Å². The van der Waals surface area contributed by atoms with E-state index in [1.165, 1.54) is 14.2 Å². The van der Waals surface area contributed by atoms with E-state index in [2.05, 4.69) is 0 Å². The van der Waals surface area contributed by atoms with Gasteiger partial charge in [0.15, 0.2) is 0 Å². The maximum Gasteiger partial charge on any atom is 0.322 e. The van der Waals surface area contributed by atoms with E-state index in [4.69, 9.17) is 9.57 Å². The molecule has 1 aromatic rings. The first-order chi connectivity index (χ1) is 9.10. The summed E-state index contributed by atoms with van der Waals surface area (Å²) in [5, 5.41) is 1.08. The first kappa shape index (κ1) is 13.5. The van der Waals surface area contributed by atoms with E-state index >= 15 is 0 Å². The molecule has 0 saturated heterocycles. The van der Waals surface area contributed by atoms with E-state index in [0.29, 0.717) is 12.8 Å². The normalized spacial score (nSPS) is 15.7. The van der Waals surface area contributed by atoms with Gasteiger partial charge in [-0.25, -0.2) is 5.06 Å². The van der Waals surface area contributed by atoms with Gasteiger partial charge in [-0.2, -0.15) is 0 Å². The highest BCUT2D eigenvalue weighted by molar-refractivity contribution is 6.05. The Morgan fingerprint density at radius 1 is 1.26 bits per heavy atom. The van der Waals surface area contributed by atoms with Gasteiger partial charge in [0.05, 0.1) is 7.11 Å². The van der Waals surface area contributed by atoms with Crippen molar-refractivity contribution in [3.05, 3.63) is 35.9 Å². The van der Waals surface area contributed by atoms with Crippen molar-refractivity contribution in [3.63, 3.8) is 0 Å². The SMILES string of the molecule is CON(C)C(=O)C1(C(=O)OCc2ccccc2)CC1. The lowest BCUT2D eigenvalue weighted by molar-refractivity contribution is -0.181. The van der Waals surface area contributed by atoms with Gasteiger partial charge in [-0.3, -0.25) is 14.4 Å². The van der Waals surface area contributed by atoms with Crippen LogP contribution < -0.4 is 0 Å². The first-order valence-electron chi connectivity index (χ1n) is 6.13. The monoisotopic (exact) mass is 263 g/mol. The second-order valence-corrected chi connectivity index (χ2v) is 4.63. The maximum atomic E-state index is 12.0. The van der Waals surface area contributed by atoms with Crippen molar-refractivity contribution >= 4 is 11.9 Å². The second kappa shape index (κ2) is 5.40. The minimum Gasteiger partial charge on any atom is -0.460 e. The molecular weight excluding hydrogens is 246 g/mol. The molecular formula is C14H17NO4. The average Bonchev–Trinajstić information content (AvgIpc) is 3.26. The van der Waals surface area contributed by atoms with Gasteiger partial charge >= 0.3 is 5.97 Å². The number of benzene rings is 1. The van der Waals surface area contributed by atoms with Crippen molar-refractivity contribution in [2.24, 2.45) is 5.41 Å². The fourth-order valence-corrected chi connectivity index (χ4v) is 1.88. The maximum absolute atomic E-state index is 12.0. The number of hydroxylamine groups is 2. The van der Waals surface area contributed by atoms with Crippen LogP contribution in [0.25, 0.3) is 0 Å². The molecule has 0 atom stereocenters. The van der Waals surface area contributed by atoms with E-state index in [9.17, 15) is 9.59 Å². The molecule has 1 aliphatic carbocycles. The number of nitrogens with zero attached hydrogens (tertiary/aromatic N) is 1. The molecule has 1 fully saturated rings. The summed E-state index contributed by atoms with van der Waals surface area (Å²) in [4.78, 5) is 28.9. The molecule has 0 aliphatic heterocycles. The Balaban J connectivity index is 1.95. The van der Waals surface area contributed by atoms with Crippen LogP contribution in [-0.2, 0) is 25.8 Å². The van der Waals surface area contributed by atoms with Gasteiger partial charge in [-0.1, -0.05) is 30.3 Å². The van der Waals surface area contributed by atoms with Crippen molar-refractivity contribution in [1.29, 1.82) is 0 Å². The molecule has 0 N–H and O–H groups in total. The Labute approximate surface area is 112 Å². The largest absolute Gasteiger partial charge is 0.460 e. The highest BCUT2D eigenvalue weighted by Gasteiger charge is 2.59. The summed E-state index contributed by atoms with van der Waals surface area (Å²) in [5.41, 5.74) is -0.126. The molecule has 102 valence electrons. The van der Waals surface area contributed by atoms with Gasteiger partial charge < -0.3 is 4.74 Å². The van der Waals surface area contributed by atoms with E-state index in [-0.39, 0.29) is 12.5 Å². The van der Waals surface area contributed by atoms with Crippen molar-refractivity contribution in [2.75, 3.05) is 14.2 Å².